The molecule has 216 valence electrons. The van der Waals surface area contributed by atoms with Crippen LogP contribution in [0.15, 0.2) is 113 Å². The summed E-state index contributed by atoms with van der Waals surface area (Å²) in [5, 5.41) is 1.65. The first-order chi connectivity index (χ1) is 20.0. The summed E-state index contributed by atoms with van der Waals surface area (Å²) in [6, 6.07) is 24.0. The van der Waals surface area contributed by atoms with Crippen LogP contribution in [-0.4, -0.2) is 26.3 Å². The Labute approximate surface area is 239 Å². The maximum Gasteiger partial charge on any atom is 0.416 e. The predicted octanol–water partition coefficient (Wildman–Crippen LogP) is 7.07. The Bertz CT molecular complexity index is 1830. The largest absolute Gasteiger partial charge is 0.493 e. The summed E-state index contributed by atoms with van der Waals surface area (Å²) in [6.07, 6.45) is -3.24. The lowest BCUT2D eigenvalue weighted by atomic mass is 10.0. The number of carbonyl (C=O) groups excluding carboxylic acids is 1. The number of carbonyl (C=O) groups is 1. The number of nitrogens with zero attached hydrogens (tertiary/aromatic N) is 1. The standard InChI is InChI=1S/C31H24F3NO6S/c1-39-28-15-14-21(17-29(28)41-42(37,38)25-11-5-9-23(18-25)31(32,33)34)19-35(20-24-10-6-16-40-24)30(36)27-13-4-8-22-7-2-3-12-26(22)27/h2-18H,19-20H2,1H3. The molecule has 0 radical (unpaired) electrons. The Kier molecular flexibility index (Phi) is 7.95. The van der Waals surface area contributed by atoms with Gasteiger partial charge in [0.25, 0.3) is 5.91 Å². The molecule has 0 N–H and O–H groups in total. The fourth-order valence-corrected chi connectivity index (χ4v) is 5.45. The molecule has 7 nitrogen and oxygen atoms in total. The van der Waals surface area contributed by atoms with Crippen LogP contribution in [0.2, 0.25) is 0 Å². The first-order valence-electron chi connectivity index (χ1n) is 12.6. The van der Waals surface area contributed by atoms with E-state index in [1.54, 1.807) is 30.3 Å². The molecule has 0 atom stereocenters. The van der Waals surface area contributed by atoms with Crippen molar-refractivity contribution < 1.29 is 39.7 Å². The molecule has 1 aromatic heterocycles. The molecule has 1 heterocycles. The molecule has 0 aliphatic heterocycles. The van der Waals surface area contributed by atoms with Gasteiger partial charge in [-0.3, -0.25) is 4.79 Å². The second-order valence-corrected chi connectivity index (χ2v) is 10.9. The number of methoxy groups -OCH3 is 1. The Morgan fingerprint density at radius 3 is 2.36 bits per heavy atom. The Morgan fingerprint density at radius 1 is 0.857 bits per heavy atom. The van der Waals surface area contributed by atoms with Crippen molar-refractivity contribution in [2.45, 2.75) is 24.2 Å². The third-order valence-corrected chi connectivity index (χ3v) is 7.72. The lowest BCUT2D eigenvalue weighted by Gasteiger charge is -2.23. The molecule has 0 saturated carbocycles. The van der Waals surface area contributed by atoms with Crippen LogP contribution >= 0.6 is 0 Å². The normalized spacial score (nSPS) is 11.8. The lowest BCUT2D eigenvalue weighted by molar-refractivity contribution is -0.137. The van der Waals surface area contributed by atoms with Crippen LogP contribution in [-0.2, 0) is 29.4 Å². The zero-order chi connectivity index (χ0) is 29.9. The first-order valence-corrected chi connectivity index (χ1v) is 14.0. The zero-order valence-corrected chi connectivity index (χ0v) is 23.0. The molecule has 11 heteroatoms. The maximum absolute atomic E-state index is 13.9. The van der Waals surface area contributed by atoms with Crippen molar-refractivity contribution in [2.75, 3.05) is 7.11 Å². The Hall–Kier alpha value is -4.77. The number of hydrogen-bond donors (Lipinski definition) is 0. The van der Waals surface area contributed by atoms with E-state index in [2.05, 4.69) is 0 Å². The molecule has 0 fully saturated rings. The fourth-order valence-electron chi connectivity index (χ4n) is 4.47. The van der Waals surface area contributed by atoms with Crippen molar-refractivity contribution in [1.82, 2.24) is 4.90 Å². The van der Waals surface area contributed by atoms with E-state index < -0.39 is 26.8 Å². The third kappa shape index (κ3) is 6.26. The Balaban J connectivity index is 1.48. The van der Waals surface area contributed by atoms with E-state index in [9.17, 15) is 26.4 Å². The average Bonchev–Trinajstić information content (AvgIpc) is 3.49. The summed E-state index contributed by atoms with van der Waals surface area (Å²) in [6.45, 7) is 0.131. The smallest absolute Gasteiger partial charge is 0.416 e. The molecule has 0 spiro atoms. The second kappa shape index (κ2) is 11.6. The number of ether oxygens (including phenoxy) is 1. The Morgan fingerprint density at radius 2 is 1.62 bits per heavy atom. The van der Waals surface area contributed by atoms with Crippen LogP contribution in [0.25, 0.3) is 10.8 Å². The molecule has 0 bridgehead atoms. The minimum Gasteiger partial charge on any atom is -0.493 e. The van der Waals surface area contributed by atoms with E-state index in [1.165, 1.54) is 30.4 Å². The minimum absolute atomic E-state index is 0.0206. The van der Waals surface area contributed by atoms with E-state index in [4.69, 9.17) is 13.3 Å². The summed E-state index contributed by atoms with van der Waals surface area (Å²) < 4.78 is 81.6. The number of fused-ring (bicyclic) bond motifs is 1. The van der Waals surface area contributed by atoms with E-state index in [1.807, 2.05) is 30.3 Å². The highest BCUT2D eigenvalue weighted by Crippen LogP contribution is 2.34. The van der Waals surface area contributed by atoms with Crippen molar-refractivity contribution in [1.29, 1.82) is 0 Å². The van der Waals surface area contributed by atoms with Gasteiger partial charge in [-0.15, -0.1) is 0 Å². The van der Waals surface area contributed by atoms with Gasteiger partial charge in [0.05, 0.1) is 25.5 Å². The van der Waals surface area contributed by atoms with Gasteiger partial charge >= 0.3 is 16.3 Å². The number of furan rings is 1. The van der Waals surface area contributed by atoms with Crippen LogP contribution < -0.4 is 8.92 Å². The van der Waals surface area contributed by atoms with Gasteiger partial charge in [0.2, 0.25) is 0 Å². The van der Waals surface area contributed by atoms with Crippen molar-refractivity contribution in [2.24, 2.45) is 0 Å². The molecular formula is C31H24F3NO6S. The van der Waals surface area contributed by atoms with Gasteiger partial charge in [-0.1, -0.05) is 48.5 Å². The van der Waals surface area contributed by atoms with Crippen LogP contribution in [0.3, 0.4) is 0 Å². The molecule has 0 aliphatic carbocycles. The monoisotopic (exact) mass is 595 g/mol. The topological polar surface area (TPSA) is 86.0 Å². The average molecular weight is 596 g/mol. The van der Waals surface area contributed by atoms with Gasteiger partial charge in [0.15, 0.2) is 11.5 Å². The molecule has 0 aliphatic rings. The van der Waals surface area contributed by atoms with Gasteiger partial charge < -0.3 is 18.2 Å². The molecule has 5 rings (SSSR count). The summed E-state index contributed by atoms with van der Waals surface area (Å²) in [5.74, 6) is 0.0222. The highest BCUT2D eigenvalue weighted by atomic mass is 32.2. The number of hydrogen-bond acceptors (Lipinski definition) is 6. The predicted molar refractivity (Wildman–Crippen MR) is 148 cm³/mol. The first kappa shape index (κ1) is 28.7. The van der Waals surface area contributed by atoms with Crippen LogP contribution in [0.1, 0.15) is 27.2 Å². The molecular weight excluding hydrogens is 571 g/mol. The molecule has 1 amide bonds. The lowest BCUT2D eigenvalue weighted by Crippen LogP contribution is -2.30. The van der Waals surface area contributed by atoms with Crippen LogP contribution in [0.4, 0.5) is 13.2 Å². The molecule has 0 unspecified atom stereocenters. The van der Waals surface area contributed by atoms with Gasteiger partial charge in [-0.05, 0) is 64.9 Å². The number of amides is 1. The SMILES string of the molecule is COc1ccc(CN(Cc2ccco2)C(=O)c2cccc3ccccc23)cc1OS(=O)(=O)c1cccc(C(F)(F)F)c1. The van der Waals surface area contributed by atoms with Crippen LogP contribution in [0, 0.1) is 0 Å². The number of alkyl halides is 3. The van der Waals surface area contributed by atoms with Gasteiger partial charge in [0.1, 0.15) is 10.7 Å². The highest BCUT2D eigenvalue weighted by molar-refractivity contribution is 7.87. The quantitative estimate of drug-likeness (QED) is 0.170. The summed E-state index contributed by atoms with van der Waals surface area (Å²) >= 11 is 0. The molecule has 4 aromatic carbocycles. The van der Waals surface area contributed by atoms with E-state index in [-0.39, 0.29) is 30.5 Å². The summed E-state index contributed by atoms with van der Waals surface area (Å²) in [4.78, 5) is 14.7. The number of benzene rings is 4. The summed E-state index contributed by atoms with van der Waals surface area (Å²) in [7, 11) is -3.38. The summed E-state index contributed by atoms with van der Waals surface area (Å²) in [5.41, 5.74) is -0.185. The second-order valence-electron chi connectivity index (χ2n) is 9.32. The molecule has 0 saturated heterocycles. The fraction of sp³-hybridized carbons (Fsp3) is 0.129. The van der Waals surface area contributed by atoms with E-state index in [0.717, 1.165) is 29.0 Å². The number of rotatable bonds is 9. The van der Waals surface area contributed by atoms with Gasteiger partial charge in [0, 0.05) is 12.1 Å². The van der Waals surface area contributed by atoms with Crippen molar-refractivity contribution in [3.8, 4) is 11.5 Å². The number of halogens is 3. The van der Waals surface area contributed by atoms with Crippen molar-refractivity contribution in [3.63, 3.8) is 0 Å². The molecule has 42 heavy (non-hydrogen) atoms. The van der Waals surface area contributed by atoms with Crippen molar-refractivity contribution >= 4 is 26.8 Å². The van der Waals surface area contributed by atoms with Crippen molar-refractivity contribution in [3.05, 3.63) is 126 Å². The van der Waals surface area contributed by atoms with Gasteiger partial charge in [-0.2, -0.15) is 21.6 Å². The van der Waals surface area contributed by atoms with Crippen LogP contribution in [0.5, 0.6) is 11.5 Å². The zero-order valence-electron chi connectivity index (χ0n) is 22.2. The van der Waals surface area contributed by atoms with Gasteiger partial charge in [-0.25, -0.2) is 0 Å². The maximum atomic E-state index is 13.9. The highest BCUT2D eigenvalue weighted by Gasteiger charge is 2.32. The van der Waals surface area contributed by atoms with E-state index >= 15 is 0 Å². The third-order valence-electron chi connectivity index (χ3n) is 6.49. The molecule has 5 aromatic rings. The minimum atomic E-state index is -4.74. The van der Waals surface area contributed by atoms with E-state index in [0.29, 0.717) is 23.0 Å².